The number of hydrazone groups is 1. The van der Waals surface area contributed by atoms with Crippen molar-refractivity contribution in [2.24, 2.45) is 5.10 Å². The van der Waals surface area contributed by atoms with Gasteiger partial charge in [0.15, 0.2) is 0 Å². The molecular weight excluding hydrogens is 373 g/mol. The smallest absolute Gasteiger partial charge is 0.343 e. The van der Waals surface area contributed by atoms with Crippen LogP contribution >= 0.6 is 0 Å². The molecule has 0 fully saturated rings. The van der Waals surface area contributed by atoms with Crippen LogP contribution in [-0.4, -0.2) is 18.1 Å². The largest absolute Gasteiger partial charge is 0.423 e. The normalized spacial score (nSPS) is 10.7. The minimum atomic E-state index is -0.582. The number of carbonyl (C=O) groups is 2. The molecule has 29 heavy (non-hydrogen) atoms. The van der Waals surface area contributed by atoms with E-state index in [-0.39, 0.29) is 17.9 Å². The van der Waals surface area contributed by atoms with E-state index in [9.17, 15) is 14.0 Å². The van der Waals surface area contributed by atoms with Crippen LogP contribution in [0.3, 0.4) is 0 Å². The van der Waals surface area contributed by atoms with E-state index in [1.165, 1.54) is 30.5 Å². The number of hydrogen-bond acceptors (Lipinski definition) is 5. The van der Waals surface area contributed by atoms with Crippen molar-refractivity contribution in [3.63, 3.8) is 0 Å². The molecule has 0 spiro atoms. The van der Waals surface area contributed by atoms with Gasteiger partial charge in [-0.1, -0.05) is 12.1 Å². The standard InChI is InChI=1S/C22H18FN3O3/c23-18-7-5-17(6-8-18)22(28)29-20-11-3-16(4-12-20)14-25-26-21(27)13-15-1-9-19(24)10-2-15/h1-12,14H,13,24H2,(H,26,27)/b25-14-. The van der Waals surface area contributed by atoms with Crippen LogP contribution in [0.5, 0.6) is 5.75 Å². The van der Waals surface area contributed by atoms with Gasteiger partial charge in [-0.15, -0.1) is 0 Å². The molecule has 0 aliphatic rings. The number of nitrogens with one attached hydrogen (secondary N) is 1. The van der Waals surface area contributed by atoms with Crippen LogP contribution < -0.4 is 15.9 Å². The fourth-order valence-corrected chi connectivity index (χ4v) is 2.41. The molecule has 3 aromatic carbocycles. The predicted molar refractivity (Wildman–Crippen MR) is 108 cm³/mol. The first-order valence-corrected chi connectivity index (χ1v) is 8.74. The summed E-state index contributed by atoms with van der Waals surface area (Å²) >= 11 is 0. The van der Waals surface area contributed by atoms with Crippen LogP contribution in [0.15, 0.2) is 77.9 Å². The van der Waals surface area contributed by atoms with Crippen LogP contribution in [0.4, 0.5) is 10.1 Å². The van der Waals surface area contributed by atoms with Crippen molar-refractivity contribution in [1.29, 1.82) is 0 Å². The molecule has 0 saturated carbocycles. The number of nitrogen functional groups attached to an aromatic ring is 1. The third-order valence-corrected chi connectivity index (χ3v) is 3.92. The fourth-order valence-electron chi connectivity index (χ4n) is 2.41. The first-order chi connectivity index (χ1) is 14.0. The summed E-state index contributed by atoms with van der Waals surface area (Å²) in [5.74, 6) is -0.924. The minimum absolute atomic E-state index is 0.190. The zero-order valence-corrected chi connectivity index (χ0v) is 15.3. The van der Waals surface area contributed by atoms with Gasteiger partial charge in [0.2, 0.25) is 5.91 Å². The van der Waals surface area contributed by atoms with Crippen LogP contribution in [0.25, 0.3) is 0 Å². The predicted octanol–water partition coefficient (Wildman–Crippen LogP) is 3.32. The summed E-state index contributed by atoms with van der Waals surface area (Å²) < 4.78 is 18.1. The average Bonchev–Trinajstić information content (AvgIpc) is 2.71. The number of amides is 1. The number of nitrogens with two attached hydrogens (primary N) is 1. The van der Waals surface area contributed by atoms with Crippen LogP contribution in [0.2, 0.25) is 0 Å². The highest BCUT2D eigenvalue weighted by Crippen LogP contribution is 2.14. The van der Waals surface area contributed by atoms with E-state index < -0.39 is 11.8 Å². The maximum absolute atomic E-state index is 12.9. The molecule has 1 amide bonds. The number of esters is 1. The molecule has 3 aromatic rings. The Labute approximate surface area is 166 Å². The Balaban J connectivity index is 1.50. The number of ether oxygens (including phenoxy) is 1. The lowest BCUT2D eigenvalue weighted by molar-refractivity contribution is -0.120. The van der Waals surface area contributed by atoms with Crippen molar-refractivity contribution in [1.82, 2.24) is 5.43 Å². The van der Waals surface area contributed by atoms with Crippen molar-refractivity contribution in [2.45, 2.75) is 6.42 Å². The average molecular weight is 391 g/mol. The highest BCUT2D eigenvalue weighted by Gasteiger charge is 2.08. The van der Waals surface area contributed by atoms with Crippen LogP contribution in [0, 0.1) is 5.82 Å². The van der Waals surface area contributed by atoms with Crippen molar-refractivity contribution in [3.8, 4) is 5.75 Å². The molecule has 3 N–H and O–H groups in total. The monoisotopic (exact) mass is 391 g/mol. The second-order valence-electron chi connectivity index (χ2n) is 6.18. The van der Waals surface area contributed by atoms with Gasteiger partial charge in [0.1, 0.15) is 11.6 Å². The summed E-state index contributed by atoms with van der Waals surface area (Å²) in [7, 11) is 0. The zero-order valence-electron chi connectivity index (χ0n) is 15.3. The Morgan fingerprint density at radius 2 is 1.62 bits per heavy atom. The topological polar surface area (TPSA) is 93.8 Å². The Morgan fingerprint density at radius 1 is 0.966 bits per heavy atom. The van der Waals surface area contributed by atoms with Crippen molar-refractivity contribution < 1.29 is 18.7 Å². The number of nitrogens with zero attached hydrogens (tertiary/aromatic N) is 1. The van der Waals surface area contributed by atoms with Crippen molar-refractivity contribution in [3.05, 3.63) is 95.3 Å². The highest BCUT2D eigenvalue weighted by molar-refractivity contribution is 5.91. The van der Waals surface area contributed by atoms with Gasteiger partial charge in [0, 0.05) is 5.69 Å². The van der Waals surface area contributed by atoms with E-state index in [2.05, 4.69) is 10.5 Å². The molecule has 0 aliphatic heterocycles. The quantitative estimate of drug-likeness (QED) is 0.222. The van der Waals surface area contributed by atoms with Crippen LogP contribution in [0.1, 0.15) is 21.5 Å². The molecule has 0 atom stereocenters. The fraction of sp³-hybridized carbons (Fsp3) is 0.0455. The molecular formula is C22H18FN3O3. The van der Waals surface area contributed by atoms with E-state index in [1.807, 2.05) is 0 Å². The van der Waals surface area contributed by atoms with Crippen molar-refractivity contribution >= 4 is 23.8 Å². The van der Waals surface area contributed by atoms with Gasteiger partial charge >= 0.3 is 5.97 Å². The lowest BCUT2D eigenvalue weighted by Crippen LogP contribution is -2.19. The molecule has 0 unspecified atom stereocenters. The molecule has 0 radical (unpaired) electrons. The summed E-state index contributed by atoms with van der Waals surface area (Å²) in [6.07, 6.45) is 1.67. The van der Waals surface area contributed by atoms with Crippen molar-refractivity contribution in [2.75, 3.05) is 5.73 Å². The number of rotatable bonds is 6. The maximum atomic E-state index is 12.9. The van der Waals surface area contributed by atoms with Gasteiger partial charge in [-0.05, 0) is 71.8 Å². The van der Waals surface area contributed by atoms with Gasteiger partial charge < -0.3 is 10.5 Å². The zero-order chi connectivity index (χ0) is 20.6. The number of anilines is 1. The molecule has 146 valence electrons. The second kappa shape index (κ2) is 9.27. The van der Waals surface area contributed by atoms with Gasteiger partial charge in [-0.3, -0.25) is 4.79 Å². The lowest BCUT2D eigenvalue weighted by Gasteiger charge is -2.04. The van der Waals surface area contributed by atoms with E-state index in [0.717, 1.165) is 5.56 Å². The van der Waals surface area contributed by atoms with Gasteiger partial charge in [-0.2, -0.15) is 5.10 Å². The van der Waals surface area contributed by atoms with Gasteiger partial charge in [0.25, 0.3) is 0 Å². The van der Waals surface area contributed by atoms with Crippen LogP contribution in [-0.2, 0) is 11.2 Å². The lowest BCUT2D eigenvalue weighted by atomic mass is 10.1. The first kappa shape index (κ1) is 19.8. The van der Waals surface area contributed by atoms with Gasteiger partial charge in [0.05, 0.1) is 18.2 Å². The molecule has 3 rings (SSSR count). The Bertz CT molecular complexity index is 1010. The Kier molecular flexibility index (Phi) is 6.32. The molecule has 0 saturated heterocycles. The summed E-state index contributed by atoms with van der Waals surface area (Å²) in [5, 5.41) is 3.91. The number of halogens is 1. The highest BCUT2D eigenvalue weighted by atomic mass is 19.1. The van der Waals surface area contributed by atoms with E-state index >= 15 is 0 Å². The second-order valence-corrected chi connectivity index (χ2v) is 6.18. The van der Waals surface area contributed by atoms with E-state index in [1.54, 1.807) is 48.5 Å². The number of benzene rings is 3. The minimum Gasteiger partial charge on any atom is -0.423 e. The summed E-state index contributed by atoms with van der Waals surface area (Å²) in [5.41, 5.74) is 10.5. The molecule has 0 aromatic heterocycles. The maximum Gasteiger partial charge on any atom is 0.343 e. The van der Waals surface area contributed by atoms with E-state index in [4.69, 9.17) is 10.5 Å². The first-order valence-electron chi connectivity index (χ1n) is 8.74. The third-order valence-electron chi connectivity index (χ3n) is 3.92. The third kappa shape index (κ3) is 6.00. The SMILES string of the molecule is Nc1ccc(CC(=O)N/N=C\c2ccc(OC(=O)c3ccc(F)cc3)cc2)cc1. The van der Waals surface area contributed by atoms with E-state index in [0.29, 0.717) is 17.0 Å². The number of carbonyl (C=O) groups excluding carboxylic acids is 2. The summed E-state index contributed by atoms with van der Waals surface area (Å²) in [6.45, 7) is 0. The summed E-state index contributed by atoms with van der Waals surface area (Å²) in [6, 6.07) is 18.7. The number of hydrogen-bond donors (Lipinski definition) is 2. The Morgan fingerprint density at radius 3 is 2.28 bits per heavy atom. The Hall–Kier alpha value is -4.00. The molecule has 6 nitrogen and oxygen atoms in total. The molecule has 0 heterocycles. The molecule has 0 bridgehead atoms. The van der Waals surface area contributed by atoms with Gasteiger partial charge in [-0.25, -0.2) is 14.6 Å². The molecule has 7 heteroatoms. The summed E-state index contributed by atoms with van der Waals surface area (Å²) in [4.78, 5) is 23.9. The molecule has 0 aliphatic carbocycles.